The van der Waals surface area contributed by atoms with Crippen LogP contribution in [0.15, 0.2) is 24.5 Å². The van der Waals surface area contributed by atoms with Gasteiger partial charge in [0, 0.05) is 38.7 Å². The van der Waals surface area contributed by atoms with E-state index in [1.807, 2.05) is 16.8 Å². The highest BCUT2D eigenvalue weighted by molar-refractivity contribution is 5.54. The normalized spacial score (nSPS) is 17.9. The molecule has 0 amide bonds. The van der Waals surface area contributed by atoms with Gasteiger partial charge in [-0.05, 0) is 18.6 Å². The van der Waals surface area contributed by atoms with Crippen LogP contribution in [0.1, 0.15) is 12.5 Å². The fourth-order valence-electron chi connectivity index (χ4n) is 2.41. The summed E-state index contributed by atoms with van der Waals surface area (Å²) in [5, 5.41) is 7.81. The molecule has 0 aromatic carbocycles. The van der Waals surface area contributed by atoms with Crippen LogP contribution in [0.5, 0.6) is 0 Å². The molecule has 106 valence electrons. The number of rotatable bonds is 4. The zero-order valence-electron chi connectivity index (χ0n) is 11.5. The van der Waals surface area contributed by atoms with Gasteiger partial charge >= 0.3 is 0 Å². The number of ether oxygens (including phenoxy) is 2. The third kappa shape index (κ3) is 2.25. The molecule has 0 aliphatic carbocycles. The molecule has 1 atom stereocenters. The van der Waals surface area contributed by atoms with Crippen molar-refractivity contribution in [1.29, 1.82) is 0 Å². The first-order chi connectivity index (χ1) is 9.83. The van der Waals surface area contributed by atoms with E-state index in [-0.39, 0.29) is 12.3 Å². The van der Waals surface area contributed by atoms with E-state index < -0.39 is 0 Å². The summed E-state index contributed by atoms with van der Waals surface area (Å²) >= 11 is 0. The van der Waals surface area contributed by atoms with Gasteiger partial charge in [-0.2, -0.15) is 4.98 Å². The molecule has 1 N–H and O–H groups in total. The second-order valence-electron chi connectivity index (χ2n) is 4.57. The number of methoxy groups -OCH3 is 2. The largest absolute Gasteiger partial charge is 0.354 e. The fourth-order valence-corrected chi connectivity index (χ4v) is 2.41. The quantitative estimate of drug-likeness (QED) is 0.848. The summed E-state index contributed by atoms with van der Waals surface area (Å²) in [7, 11) is 3.27. The van der Waals surface area contributed by atoms with Gasteiger partial charge in [-0.1, -0.05) is 0 Å². The van der Waals surface area contributed by atoms with Crippen LogP contribution in [0.2, 0.25) is 0 Å². The molecule has 0 radical (unpaired) electrons. The number of fused-ring (bicyclic) bond motifs is 1. The number of nitrogens with zero attached hydrogens (tertiary/aromatic N) is 4. The van der Waals surface area contributed by atoms with Crippen LogP contribution in [-0.4, -0.2) is 46.8 Å². The van der Waals surface area contributed by atoms with Crippen molar-refractivity contribution in [2.24, 2.45) is 0 Å². The van der Waals surface area contributed by atoms with Crippen molar-refractivity contribution in [1.82, 2.24) is 19.7 Å². The van der Waals surface area contributed by atoms with E-state index in [0.717, 1.165) is 24.5 Å². The monoisotopic (exact) mass is 275 g/mol. The molecule has 20 heavy (non-hydrogen) atoms. The lowest BCUT2D eigenvalue weighted by molar-refractivity contribution is -0.135. The first-order valence-corrected chi connectivity index (χ1v) is 6.50. The summed E-state index contributed by atoms with van der Waals surface area (Å²) < 4.78 is 12.6. The fraction of sp³-hybridized carbons (Fsp3) is 0.462. The van der Waals surface area contributed by atoms with Crippen molar-refractivity contribution in [3.63, 3.8) is 0 Å². The molecule has 1 unspecified atom stereocenters. The Morgan fingerprint density at radius 1 is 1.40 bits per heavy atom. The zero-order valence-corrected chi connectivity index (χ0v) is 11.5. The van der Waals surface area contributed by atoms with Crippen molar-refractivity contribution in [2.75, 3.05) is 26.1 Å². The molecule has 1 aliphatic heterocycles. The van der Waals surface area contributed by atoms with Gasteiger partial charge in [0.2, 0.25) is 5.95 Å². The SMILES string of the molecule is COC(OC)C1CCNc2nc(-c3cccnc3)nn21. The minimum absolute atomic E-state index is 0.0131. The van der Waals surface area contributed by atoms with E-state index >= 15 is 0 Å². The van der Waals surface area contributed by atoms with E-state index in [1.165, 1.54) is 0 Å². The number of hydrogen-bond donors (Lipinski definition) is 1. The second-order valence-corrected chi connectivity index (χ2v) is 4.57. The number of pyridine rings is 1. The Hall–Kier alpha value is -1.99. The van der Waals surface area contributed by atoms with Crippen LogP contribution in [0, 0.1) is 0 Å². The van der Waals surface area contributed by atoms with Crippen LogP contribution in [0.25, 0.3) is 11.4 Å². The third-order valence-corrected chi connectivity index (χ3v) is 3.37. The Morgan fingerprint density at radius 2 is 2.25 bits per heavy atom. The highest BCUT2D eigenvalue weighted by atomic mass is 16.7. The van der Waals surface area contributed by atoms with Gasteiger partial charge in [0.05, 0.1) is 0 Å². The van der Waals surface area contributed by atoms with E-state index in [2.05, 4.69) is 20.4 Å². The van der Waals surface area contributed by atoms with Crippen LogP contribution >= 0.6 is 0 Å². The molecule has 2 aromatic rings. The lowest BCUT2D eigenvalue weighted by Crippen LogP contribution is -2.34. The molecule has 0 fully saturated rings. The average molecular weight is 275 g/mol. The van der Waals surface area contributed by atoms with E-state index in [4.69, 9.17) is 9.47 Å². The zero-order chi connectivity index (χ0) is 13.9. The smallest absolute Gasteiger partial charge is 0.222 e. The lowest BCUT2D eigenvalue weighted by Gasteiger charge is -2.29. The molecule has 7 heteroatoms. The second kappa shape index (κ2) is 5.56. The Balaban J connectivity index is 1.96. The molecule has 0 bridgehead atoms. The first kappa shape index (κ1) is 13.0. The highest BCUT2D eigenvalue weighted by Gasteiger charge is 2.30. The number of aromatic nitrogens is 4. The molecular weight excluding hydrogens is 258 g/mol. The van der Waals surface area contributed by atoms with Gasteiger partial charge in [0.25, 0.3) is 0 Å². The summed E-state index contributed by atoms with van der Waals surface area (Å²) in [5.41, 5.74) is 0.890. The molecular formula is C13H17N5O2. The van der Waals surface area contributed by atoms with Gasteiger partial charge in [0.15, 0.2) is 12.1 Å². The van der Waals surface area contributed by atoms with Crippen molar-refractivity contribution >= 4 is 5.95 Å². The third-order valence-electron chi connectivity index (χ3n) is 3.37. The number of anilines is 1. The van der Waals surface area contributed by atoms with Gasteiger partial charge in [-0.25, -0.2) is 4.68 Å². The molecule has 1 aliphatic rings. The standard InChI is InChI=1S/C13H17N5O2/c1-19-12(20-2)10-5-7-15-13-16-11(17-18(10)13)9-4-3-6-14-8-9/h3-4,6,8,10,12H,5,7H2,1-2H3,(H,15,16,17). The Bertz CT molecular complexity index is 567. The molecule has 0 saturated carbocycles. The predicted octanol–water partition coefficient (Wildman–Crippen LogP) is 1.32. The Morgan fingerprint density at radius 3 is 2.95 bits per heavy atom. The molecule has 0 saturated heterocycles. The van der Waals surface area contributed by atoms with Crippen LogP contribution in [0.3, 0.4) is 0 Å². The first-order valence-electron chi connectivity index (χ1n) is 6.50. The summed E-state index contributed by atoms with van der Waals surface area (Å²) in [6.45, 7) is 0.819. The van der Waals surface area contributed by atoms with Crippen molar-refractivity contribution in [3.8, 4) is 11.4 Å². The van der Waals surface area contributed by atoms with Crippen molar-refractivity contribution in [2.45, 2.75) is 18.8 Å². The van der Waals surface area contributed by atoms with Crippen LogP contribution < -0.4 is 5.32 Å². The maximum Gasteiger partial charge on any atom is 0.222 e. The Kier molecular flexibility index (Phi) is 3.62. The van der Waals surface area contributed by atoms with Gasteiger partial charge in [0.1, 0.15) is 6.04 Å². The average Bonchev–Trinajstić information content (AvgIpc) is 2.94. The predicted molar refractivity (Wildman–Crippen MR) is 73.2 cm³/mol. The van der Waals surface area contributed by atoms with Crippen LogP contribution in [0.4, 0.5) is 5.95 Å². The molecule has 0 spiro atoms. The van der Waals surface area contributed by atoms with Gasteiger partial charge < -0.3 is 14.8 Å². The highest BCUT2D eigenvalue weighted by Crippen LogP contribution is 2.28. The van der Waals surface area contributed by atoms with Gasteiger partial charge in [-0.15, -0.1) is 5.10 Å². The summed E-state index contributed by atoms with van der Waals surface area (Å²) in [5.74, 6) is 1.39. The Labute approximate surface area is 116 Å². The minimum Gasteiger partial charge on any atom is -0.354 e. The maximum absolute atomic E-state index is 5.36. The topological polar surface area (TPSA) is 74.1 Å². The lowest BCUT2D eigenvalue weighted by atomic mass is 10.2. The van der Waals surface area contributed by atoms with Crippen molar-refractivity contribution in [3.05, 3.63) is 24.5 Å². The van der Waals surface area contributed by atoms with E-state index in [9.17, 15) is 0 Å². The molecule has 3 heterocycles. The summed E-state index contributed by atoms with van der Waals surface area (Å²) in [4.78, 5) is 8.61. The van der Waals surface area contributed by atoms with E-state index in [1.54, 1.807) is 26.6 Å². The maximum atomic E-state index is 5.36. The minimum atomic E-state index is -0.334. The number of hydrogen-bond acceptors (Lipinski definition) is 6. The van der Waals surface area contributed by atoms with Crippen LogP contribution in [-0.2, 0) is 9.47 Å². The summed E-state index contributed by atoms with van der Waals surface area (Å²) in [6.07, 6.45) is 4.02. The van der Waals surface area contributed by atoms with Gasteiger partial charge in [-0.3, -0.25) is 4.98 Å². The molecule has 2 aromatic heterocycles. The van der Waals surface area contributed by atoms with Crippen molar-refractivity contribution < 1.29 is 9.47 Å². The van der Waals surface area contributed by atoms with E-state index in [0.29, 0.717) is 5.82 Å². The number of nitrogens with one attached hydrogen (secondary N) is 1. The molecule has 7 nitrogen and oxygen atoms in total. The molecule has 3 rings (SSSR count). The summed E-state index contributed by atoms with van der Waals surface area (Å²) in [6, 6.07) is 3.82.